The van der Waals surface area contributed by atoms with Crippen LogP contribution in [0.5, 0.6) is 0 Å². The summed E-state index contributed by atoms with van der Waals surface area (Å²) >= 11 is 11.6. The fourth-order valence-corrected chi connectivity index (χ4v) is 3.28. The molecule has 0 spiro atoms. The standard InChI is InChI=1S/C13H15Cl2N3O3S/c1-18-12(15)8-16-13(18)22(19,20)17-5-6-21-9-10-3-2-4-11(14)7-10/h2-4,7-8,17H,5-6,9H2,1H3. The molecule has 0 amide bonds. The molecule has 0 fully saturated rings. The Labute approximate surface area is 139 Å². The number of hydrogen-bond acceptors (Lipinski definition) is 4. The van der Waals surface area contributed by atoms with Crippen molar-refractivity contribution in [3.63, 3.8) is 0 Å². The van der Waals surface area contributed by atoms with E-state index in [1.165, 1.54) is 17.8 Å². The molecule has 2 rings (SSSR count). The zero-order chi connectivity index (χ0) is 16.2. The number of aromatic nitrogens is 2. The monoisotopic (exact) mass is 363 g/mol. The lowest BCUT2D eigenvalue weighted by Gasteiger charge is -2.08. The SMILES string of the molecule is Cn1c(Cl)cnc1S(=O)(=O)NCCOCc1cccc(Cl)c1. The fourth-order valence-electron chi connectivity index (χ4n) is 1.75. The first-order valence-corrected chi connectivity index (χ1v) is 8.63. The first-order chi connectivity index (χ1) is 10.4. The summed E-state index contributed by atoms with van der Waals surface area (Å²) in [5, 5.41) is 0.749. The number of nitrogens with zero attached hydrogens (tertiary/aromatic N) is 2. The normalized spacial score (nSPS) is 11.8. The van der Waals surface area contributed by atoms with Crippen molar-refractivity contribution >= 4 is 33.2 Å². The summed E-state index contributed by atoms with van der Waals surface area (Å²) < 4.78 is 33.1. The van der Waals surface area contributed by atoms with E-state index in [4.69, 9.17) is 27.9 Å². The average Bonchev–Trinajstić information content (AvgIpc) is 2.79. The lowest BCUT2D eigenvalue weighted by molar-refractivity contribution is 0.126. The van der Waals surface area contributed by atoms with Gasteiger partial charge in [-0.1, -0.05) is 35.3 Å². The summed E-state index contributed by atoms with van der Waals surface area (Å²) in [5.74, 6) is 0. The van der Waals surface area contributed by atoms with Crippen molar-refractivity contribution in [3.05, 3.63) is 46.2 Å². The van der Waals surface area contributed by atoms with E-state index in [9.17, 15) is 8.42 Å². The third-order valence-corrected chi connectivity index (χ3v) is 4.86. The van der Waals surface area contributed by atoms with Gasteiger partial charge in [-0.25, -0.2) is 18.1 Å². The third-order valence-electron chi connectivity index (χ3n) is 2.83. The van der Waals surface area contributed by atoms with Gasteiger partial charge in [-0.3, -0.25) is 0 Å². The minimum Gasteiger partial charge on any atom is -0.375 e. The molecule has 0 unspecified atom stereocenters. The molecule has 0 bridgehead atoms. The Kier molecular flexibility index (Phi) is 5.82. The third kappa shape index (κ3) is 4.44. The van der Waals surface area contributed by atoms with Crippen LogP contribution in [0, 0.1) is 0 Å². The van der Waals surface area contributed by atoms with Crippen LogP contribution < -0.4 is 4.72 Å². The molecule has 0 atom stereocenters. The van der Waals surface area contributed by atoms with Gasteiger partial charge in [-0.15, -0.1) is 0 Å². The molecule has 2 aromatic rings. The minimum absolute atomic E-state index is 0.132. The Hall–Kier alpha value is -1.12. The molecule has 6 nitrogen and oxygen atoms in total. The zero-order valence-electron chi connectivity index (χ0n) is 11.8. The van der Waals surface area contributed by atoms with Crippen LogP contribution >= 0.6 is 23.2 Å². The zero-order valence-corrected chi connectivity index (χ0v) is 14.1. The summed E-state index contributed by atoms with van der Waals surface area (Å²) in [4.78, 5) is 3.77. The minimum atomic E-state index is -3.71. The molecule has 0 aliphatic rings. The topological polar surface area (TPSA) is 73.2 Å². The average molecular weight is 364 g/mol. The number of hydrogen-bond donors (Lipinski definition) is 1. The van der Waals surface area contributed by atoms with Gasteiger partial charge in [-0.05, 0) is 17.7 Å². The molecule has 0 radical (unpaired) electrons. The summed E-state index contributed by atoms with van der Waals surface area (Å²) in [6.07, 6.45) is 1.28. The van der Waals surface area contributed by atoms with E-state index in [1.54, 1.807) is 12.1 Å². The number of sulfonamides is 1. The molecule has 0 saturated heterocycles. The summed E-state index contributed by atoms with van der Waals surface area (Å²) in [7, 11) is -2.18. The Bertz CT molecular complexity index is 747. The molecule has 1 aromatic heterocycles. The summed E-state index contributed by atoms with van der Waals surface area (Å²) in [5.41, 5.74) is 0.922. The van der Waals surface area contributed by atoms with Gasteiger partial charge in [0.25, 0.3) is 10.0 Å². The van der Waals surface area contributed by atoms with Crippen molar-refractivity contribution in [1.82, 2.24) is 14.3 Å². The maximum Gasteiger partial charge on any atom is 0.274 e. The molecule has 1 heterocycles. The van der Waals surface area contributed by atoms with Crippen LogP contribution in [-0.4, -0.2) is 31.1 Å². The lowest BCUT2D eigenvalue weighted by atomic mass is 10.2. The number of nitrogens with one attached hydrogen (secondary N) is 1. The maximum absolute atomic E-state index is 12.0. The van der Waals surface area contributed by atoms with Crippen LogP contribution in [0.1, 0.15) is 5.56 Å². The smallest absolute Gasteiger partial charge is 0.274 e. The van der Waals surface area contributed by atoms with E-state index in [0.717, 1.165) is 5.56 Å². The maximum atomic E-state index is 12.0. The van der Waals surface area contributed by atoms with Crippen molar-refractivity contribution in [3.8, 4) is 0 Å². The van der Waals surface area contributed by atoms with Crippen LogP contribution in [0.25, 0.3) is 0 Å². The van der Waals surface area contributed by atoms with Crippen LogP contribution in [-0.2, 0) is 28.4 Å². The number of imidazole rings is 1. The second kappa shape index (κ2) is 7.43. The van der Waals surface area contributed by atoms with Gasteiger partial charge >= 0.3 is 0 Å². The van der Waals surface area contributed by atoms with Crippen molar-refractivity contribution in [2.45, 2.75) is 11.8 Å². The van der Waals surface area contributed by atoms with Gasteiger partial charge < -0.3 is 9.30 Å². The fraction of sp³-hybridized carbons (Fsp3) is 0.308. The van der Waals surface area contributed by atoms with Gasteiger partial charge in [0.15, 0.2) is 0 Å². The molecule has 120 valence electrons. The van der Waals surface area contributed by atoms with Gasteiger partial charge in [0.2, 0.25) is 5.16 Å². The highest BCUT2D eigenvalue weighted by Crippen LogP contribution is 2.13. The largest absolute Gasteiger partial charge is 0.375 e. The highest BCUT2D eigenvalue weighted by Gasteiger charge is 2.20. The van der Waals surface area contributed by atoms with E-state index in [2.05, 4.69) is 9.71 Å². The first kappa shape index (κ1) is 17.2. The van der Waals surface area contributed by atoms with Crippen LogP contribution in [0.15, 0.2) is 35.6 Å². The molecule has 1 N–H and O–H groups in total. The highest BCUT2D eigenvalue weighted by atomic mass is 35.5. The quantitative estimate of drug-likeness (QED) is 0.765. The number of rotatable bonds is 7. The van der Waals surface area contributed by atoms with E-state index in [1.807, 2.05) is 12.1 Å². The van der Waals surface area contributed by atoms with Gasteiger partial charge in [0.05, 0.1) is 19.4 Å². The molecule has 1 aromatic carbocycles. The van der Waals surface area contributed by atoms with Crippen molar-refractivity contribution < 1.29 is 13.2 Å². The molecular formula is C13H15Cl2N3O3S. The van der Waals surface area contributed by atoms with E-state index >= 15 is 0 Å². The Morgan fingerprint density at radius 3 is 2.77 bits per heavy atom. The first-order valence-electron chi connectivity index (χ1n) is 6.39. The Morgan fingerprint density at radius 2 is 2.14 bits per heavy atom. The van der Waals surface area contributed by atoms with E-state index in [0.29, 0.717) is 11.6 Å². The molecule has 22 heavy (non-hydrogen) atoms. The second-order valence-corrected chi connectivity index (χ2v) is 6.99. The van der Waals surface area contributed by atoms with Crippen molar-refractivity contribution in [2.24, 2.45) is 7.05 Å². The molecule has 0 aliphatic heterocycles. The predicted octanol–water partition coefficient (Wildman–Crippen LogP) is 2.22. The van der Waals surface area contributed by atoms with E-state index < -0.39 is 10.0 Å². The van der Waals surface area contributed by atoms with Gasteiger partial charge in [-0.2, -0.15) is 0 Å². The van der Waals surface area contributed by atoms with E-state index in [-0.39, 0.29) is 23.5 Å². The highest BCUT2D eigenvalue weighted by molar-refractivity contribution is 7.89. The Morgan fingerprint density at radius 1 is 1.36 bits per heavy atom. The lowest BCUT2D eigenvalue weighted by Crippen LogP contribution is -2.29. The Balaban J connectivity index is 1.80. The number of halogens is 2. The summed E-state index contributed by atoms with van der Waals surface area (Å²) in [6.45, 7) is 0.716. The molecule has 0 aliphatic carbocycles. The molecular weight excluding hydrogens is 349 g/mol. The van der Waals surface area contributed by atoms with Crippen molar-refractivity contribution in [2.75, 3.05) is 13.2 Å². The van der Waals surface area contributed by atoms with Crippen LogP contribution in [0.4, 0.5) is 0 Å². The van der Waals surface area contributed by atoms with Gasteiger partial charge in [0, 0.05) is 18.6 Å². The molecule has 9 heteroatoms. The molecule has 0 saturated carbocycles. The second-order valence-electron chi connectivity index (χ2n) is 4.50. The van der Waals surface area contributed by atoms with Crippen molar-refractivity contribution in [1.29, 1.82) is 0 Å². The predicted molar refractivity (Wildman–Crippen MR) is 84.5 cm³/mol. The van der Waals surface area contributed by atoms with Gasteiger partial charge in [0.1, 0.15) is 5.15 Å². The summed E-state index contributed by atoms with van der Waals surface area (Å²) in [6, 6.07) is 7.28. The number of ether oxygens (including phenoxy) is 1. The number of benzene rings is 1. The van der Waals surface area contributed by atoms with Crippen LogP contribution in [0.2, 0.25) is 10.2 Å². The van der Waals surface area contributed by atoms with Crippen LogP contribution in [0.3, 0.4) is 0 Å².